The maximum absolute atomic E-state index is 11.3. The molecule has 0 spiro atoms. The first-order valence-corrected chi connectivity index (χ1v) is 7.38. The van der Waals surface area contributed by atoms with Crippen LogP contribution in [0.1, 0.15) is 5.56 Å². The summed E-state index contributed by atoms with van der Waals surface area (Å²) >= 11 is 0. The molecule has 1 saturated heterocycles. The number of carbonyl (C=O) groups excluding carboxylic acids is 1. The van der Waals surface area contributed by atoms with Gasteiger partial charge in [0, 0.05) is 38.3 Å². The van der Waals surface area contributed by atoms with Gasteiger partial charge in [-0.25, -0.2) is 0 Å². The number of carbonyl (C=O) groups is 1. The molecule has 6 nitrogen and oxygen atoms in total. The molecule has 0 aromatic heterocycles. The highest BCUT2D eigenvalue weighted by Crippen LogP contribution is 2.25. The molecule has 0 unspecified atom stereocenters. The van der Waals surface area contributed by atoms with Gasteiger partial charge < -0.3 is 14.2 Å². The summed E-state index contributed by atoms with van der Waals surface area (Å²) in [7, 11) is 4.77. The molecule has 1 aromatic rings. The van der Waals surface area contributed by atoms with Gasteiger partial charge in [0.2, 0.25) is 0 Å². The van der Waals surface area contributed by atoms with Gasteiger partial charge in [0.05, 0.1) is 27.9 Å². The highest BCUT2D eigenvalue weighted by molar-refractivity contribution is 5.71. The van der Waals surface area contributed by atoms with E-state index >= 15 is 0 Å². The molecule has 0 bridgehead atoms. The van der Waals surface area contributed by atoms with Crippen LogP contribution in [-0.4, -0.2) is 69.8 Å². The molecule has 0 atom stereocenters. The van der Waals surface area contributed by atoms with E-state index in [0.29, 0.717) is 6.54 Å². The third-order valence-electron chi connectivity index (χ3n) is 3.93. The fourth-order valence-corrected chi connectivity index (χ4v) is 2.60. The molecule has 0 aliphatic carbocycles. The van der Waals surface area contributed by atoms with E-state index in [1.54, 1.807) is 14.2 Å². The minimum atomic E-state index is -0.178. The largest absolute Gasteiger partial charge is 0.497 e. The summed E-state index contributed by atoms with van der Waals surface area (Å²) in [5.74, 6) is 1.53. The van der Waals surface area contributed by atoms with Crippen molar-refractivity contribution in [1.29, 1.82) is 0 Å². The molecule has 0 radical (unpaired) electrons. The van der Waals surface area contributed by atoms with Gasteiger partial charge in [-0.1, -0.05) is 0 Å². The molecule has 1 fully saturated rings. The number of nitrogens with zero attached hydrogens (tertiary/aromatic N) is 2. The topological polar surface area (TPSA) is 51.2 Å². The molecule has 22 heavy (non-hydrogen) atoms. The van der Waals surface area contributed by atoms with Gasteiger partial charge >= 0.3 is 5.97 Å². The normalized spacial score (nSPS) is 16.3. The van der Waals surface area contributed by atoms with Crippen LogP contribution in [0.5, 0.6) is 11.5 Å². The van der Waals surface area contributed by atoms with E-state index in [1.807, 2.05) is 18.2 Å². The minimum absolute atomic E-state index is 0.178. The monoisotopic (exact) mass is 308 g/mol. The van der Waals surface area contributed by atoms with Crippen molar-refractivity contribution in [3.63, 3.8) is 0 Å². The average Bonchev–Trinajstić information content (AvgIpc) is 2.56. The van der Waals surface area contributed by atoms with Gasteiger partial charge in [-0.05, 0) is 18.2 Å². The van der Waals surface area contributed by atoms with Gasteiger partial charge in [0.15, 0.2) is 0 Å². The summed E-state index contributed by atoms with van der Waals surface area (Å²) in [5, 5.41) is 0. The first-order valence-electron chi connectivity index (χ1n) is 7.38. The fourth-order valence-electron chi connectivity index (χ4n) is 2.60. The maximum Gasteiger partial charge on any atom is 0.319 e. The Hall–Kier alpha value is -1.79. The molecule has 6 heteroatoms. The third-order valence-corrected chi connectivity index (χ3v) is 3.93. The molecule has 1 aliphatic heterocycles. The Labute approximate surface area is 131 Å². The first kappa shape index (κ1) is 16.6. The summed E-state index contributed by atoms with van der Waals surface area (Å²) in [6, 6.07) is 5.85. The molecule has 0 amide bonds. The number of hydrogen-bond donors (Lipinski definition) is 0. The summed E-state index contributed by atoms with van der Waals surface area (Å²) in [4.78, 5) is 15.8. The van der Waals surface area contributed by atoms with Crippen LogP contribution in [0.3, 0.4) is 0 Å². The van der Waals surface area contributed by atoms with Crippen LogP contribution in [0.15, 0.2) is 18.2 Å². The van der Waals surface area contributed by atoms with Crippen LogP contribution in [0.25, 0.3) is 0 Å². The number of methoxy groups -OCH3 is 3. The number of ether oxygens (including phenoxy) is 3. The smallest absolute Gasteiger partial charge is 0.319 e. The van der Waals surface area contributed by atoms with Crippen LogP contribution in [0.2, 0.25) is 0 Å². The quantitative estimate of drug-likeness (QED) is 0.731. The number of hydrogen-bond acceptors (Lipinski definition) is 6. The van der Waals surface area contributed by atoms with E-state index in [2.05, 4.69) is 9.80 Å². The zero-order valence-corrected chi connectivity index (χ0v) is 13.5. The van der Waals surface area contributed by atoms with E-state index in [-0.39, 0.29) is 5.97 Å². The van der Waals surface area contributed by atoms with Gasteiger partial charge in [0.25, 0.3) is 0 Å². The Kier molecular flexibility index (Phi) is 6.03. The second-order valence-corrected chi connectivity index (χ2v) is 5.31. The van der Waals surface area contributed by atoms with E-state index < -0.39 is 0 Å². The third kappa shape index (κ3) is 4.35. The Morgan fingerprint density at radius 1 is 1.05 bits per heavy atom. The van der Waals surface area contributed by atoms with Crippen molar-refractivity contribution in [2.45, 2.75) is 6.54 Å². The van der Waals surface area contributed by atoms with E-state index in [0.717, 1.165) is 49.8 Å². The van der Waals surface area contributed by atoms with Crippen molar-refractivity contribution in [1.82, 2.24) is 9.80 Å². The first-order chi connectivity index (χ1) is 10.7. The number of esters is 1. The van der Waals surface area contributed by atoms with Crippen molar-refractivity contribution in [2.24, 2.45) is 0 Å². The number of rotatable bonds is 6. The van der Waals surface area contributed by atoms with Crippen molar-refractivity contribution in [3.8, 4) is 11.5 Å². The second-order valence-electron chi connectivity index (χ2n) is 5.31. The van der Waals surface area contributed by atoms with Crippen LogP contribution >= 0.6 is 0 Å². The average molecular weight is 308 g/mol. The Bertz CT molecular complexity index is 499. The standard InChI is InChI=1S/C16H24N2O4/c1-20-14-4-5-15(21-2)13(10-14)11-17-6-8-18(9-7-17)12-16(19)22-3/h4-5,10H,6-9,11-12H2,1-3H3. The SMILES string of the molecule is COC(=O)CN1CCN(Cc2cc(OC)ccc2OC)CC1. The second kappa shape index (κ2) is 8.00. The highest BCUT2D eigenvalue weighted by atomic mass is 16.5. The zero-order chi connectivity index (χ0) is 15.9. The maximum atomic E-state index is 11.3. The molecule has 1 aromatic carbocycles. The number of benzene rings is 1. The lowest BCUT2D eigenvalue weighted by atomic mass is 10.1. The molecule has 2 rings (SSSR count). The van der Waals surface area contributed by atoms with Crippen LogP contribution in [0.4, 0.5) is 0 Å². The van der Waals surface area contributed by atoms with Crippen LogP contribution in [0, 0.1) is 0 Å². The van der Waals surface area contributed by atoms with Crippen molar-refractivity contribution in [3.05, 3.63) is 23.8 Å². The molecule has 1 aliphatic rings. The van der Waals surface area contributed by atoms with E-state index in [1.165, 1.54) is 7.11 Å². The molecule has 122 valence electrons. The summed E-state index contributed by atoms with van der Waals surface area (Å²) in [6.07, 6.45) is 0. The lowest BCUT2D eigenvalue weighted by molar-refractivity contribution is -0.142. The van der Waals surface area contributed by atoms with Gasteiger partial charge in [-0.15, -0.1) is 0 Å². The summed E-state index contributed by atoms with van der Waals surface area (Å²) < 4.78 is 15.4. The van der Waals surface area contributed by atoms with Crippen LogP contribution < -0.4 is 9.47 Å². The number of piperazine rings is 1. The Morgan fingerprint density at radius 3 is 2.32 bits per heavy atom. The highest BCUT2D eigenvalue weighted by Gasteiger charge is 2.20. The minimum Gasteiger partial charge on any atom is -0.497 e. The molecular formula is C16H24N2O4. The molecule has 0 saturated carbocycles. The zero-order valence-electron chi connectivity index (χ0n) is 13.5. The molecular weight excluding hydrogens is 284 g/mol. The predicted molar refractivity (Wildman–Crippen MR) is 83.3 cm³/mol. The predicted octanol–water partition coefficient (Wildman–Crippen LogP) is 0.994. The lowest BCUT2D eigenvalue weighted by Crippen LogP contribution is -2.47. The van der Waals surface area contributed by atoms with E-state index in [9.17, 15) is 4.79 Å². The molecule has 1 heterocycles. The van der Waals surface area contributed by atoms with Crippen LogP contribution in [-0.2, 0) is 16.1 Å². The lowest BCUT2D eigenvalue weighted by Gasteiger charge is -2.34. The van der Waals surface area contributed by atoms with Gasteiger partial charge in [-0.3, -0.25) is 14.6 Å². The van der Waals surface area contributed by atoms with Gasteiger partial charge in [0.1, 0.15) is 11.5 Å². The van der Waals surface area contributed by atoms with Crippen molar-refractivity contribution < 1.29 is 19.0 Å². The van der Waals surface area contributed by atoms with Gasteiger partial charge in [-0.2, -0.15) is 0 Å². The Balaban J connectivity index is 1.91. The fraction of sp³-hybridized carbons (Fsp3) is 0.562. The van der Waals surface area contributed by atoms with E-state index in [4.69, 9.17) is 14.2 Å². The van der Waals surface area contributed by atoms with Crippen molar-refractivity contribution in [2.75, 3.05) is 54.1 Å². The molecule has 0 N–H and O–H groups in total. The van der Waals surface area contributed by atoms with Crippen molar-refractivity contribution >= 4 is 5.97 Å². The summed E-state index contributed by atoms with van der Waals surface area (Å²) in [6.45, 7) is 4.73. The summed E-state index contributed by atoms with van der Waals surface area (Å²) in [5.41, 5.74) is 1.11. The Morgan fingerprint density at radius 2 is 1.73 bits per heavy atom.